The van der Waals surface area contributed by atoms with Gasteiger partial charge in [0.15, 0.2) is 0 Å². The van der Waals surface area contributed by atoms with Crippen molar-refractivity contribution in [3.8, 4) is 0 Å². The minimum absolute atomic E-state index is 0.207. The maximum atomic E-state index is 11.6. The monoisotopic (exact) mass is 281 g/mol. The lowest BCUT2D eigenvalue weighted by Crippen LogP contribution is -2.50. The van der Waals surface area contributed by atoms with Crippen LogP contribution in [0.2, 0.25) is 0 Å². The molecule has 1 saturated carbocycles. The second kappa shape index (κ2) is 7.13. The highest BCUT2D eigenvalue weighted by atomic mass is 32.1. The molecule has 1 fully saturated rings. The van der Waals surface area contributed by atoms with Crippen molar-refractivity contribution >= 4 is 23.3 Å². The zero-order valence-electron chi connectivity index (χ0n) is 10.8. The number of rotatable bonds is 3. The number of hydrogen-bond acceptors (Lipinski definition) is 3. The zero-order chi connectivity index (χ0) is 13.5. The van der Waals surface area contributed by atoms with Crippen molar-refractivity contribution < 1.29 is 9.59 Å². The Morgan fingerprint density at radius 2 is 2.00 bits per heavy atom. The average molecular weight is 281 g/mol. The highest BCUT2D eigenvalue weighted by Gasteiger charge is 2.15. The molecular formula is C13H19N3O2S. The summed E-state index contributed by atoms with van der Waals surface area (Å²) in [5.74, 6) is -0.207. The number of amides is 3. The number of carbonyl (C=O) groups is 2. The van der Waals surface area contributed by atoms with E-state index in [1.807, 2.05) is 17.5 Å². The lowest BCUT2D eigenvalue weighted by atomic mass is 9.96. The second-order valence-corrected chi connectivity index (χ2v) is 5.77. The van der Waals surface area contributed by atoms with E-state index in [2.05, 4.69) is 16.2 Å². The van der Waals surface area contributed by atoms with Gasteiger partial charge in [-0.05, 0) is 24.3 Å². The van der Waals surface area contributed by atoms with Gasteiger partial charge in [-0.1, -0.05) is 25.3 Å². The number of nitrogens with one attached hydrogen (secondary N) is 3. The third-order valence-electron chi connectivity index (χ3n) is 3.17. The highest BCUT2D eigenvalue weighted by molar-refractivity contribution is 7.10. The fourth-order valence-electron chi connectivity index (χ4n) is 2.21. The summed E-state index contributed by atoms with van der Waals surface area (Å²) in [5.41, 5.74) is 4.81. The van der Waals surface area contributed by atoms with Crippen LogP contribution >= 0.6 is 11.3 Å². The fourth-order valence-corrected chi connectivity index (χ4v) is 2.91. The average Bonchev–Trinajstić information content (AvgIpc) is 2.90. The summed E-state index contributed by atoms with van der Waals surface area (Å²) >= 11 is 1.52. The Balaban J connectivity index is 1.64. The fraction of sp³-hybridized carbons (Fsp3) is 0.538. The van der Waals surface area contributed by atoms with Crippen molar-refractivity contribution in [3.05, 3.63) is 22.4 Å². The zero-order valence-corrected chi connectivity index (χ0v) is 11.6. The molecule has 19 heavy (non-hydrogen) atoms. The topological polar surface area (TPSA) is 70.2 Å². The summed E-state index contributed by atoms with van der Waals surface area (Å²) in [7, 11) is 0. The van der Waals surface area contributed by atoms with Gasteiger partial charge < -0.3 is 5.32 Å². The molecule has 0 aliphatic heterocycles. The van der Waals surface area contributed by atoms with Crippen molar-refractivity contribution in [1.29, 1.82) is 0 Å². The number of carbonyl (C=O) groups excluding carboxylic acids is 2. The molecular weight excluding hydrogens is 262 g/mol. The van der Waals surface area contributed by atoms with Gasteiger partial charge in [0, 0.05) is 10.9 Å². The van der Waals surface area contributed by atoms with Gasteiger partial charge in [-0.2, -0.15) is 0 Å². The molecule has 0 spiro atoms. The van der Waals surface area contributed by atoms with Gasteiger partial charge in [0.05, 0.1) is 6.42 Å². The molecule has 3 amide bonds. The molecule has 1 aromatic rings. The van der Waals surface area contributed by atoms with E-state index in [0.29, 0.717) is 6.42 Å². The molecule has 104 valence electrons. The summed E-state index contributed by atoms with van der Waals surface area (Å²) in [6.07, 6.45) is 5.91. The van der Waals surface area contributed by atoms with Crippen LogP contribution in [0.15, 0.2) is 17.5 Å². The summed E-state index contributed by atoms with van der Waals surface area (Å²) in [6, 6.07) is 3.71. The first-order valence-corrected chi connectivity index (χ1v) is 7.50. The largest absolute Gasteiger partial charge is 0.334 e. The molecule has 1 heterocycles. The smallest absolute Gasteiger partial charge is 0.333 e. The van der Waals surface area contributed by atoms with Crippen molar-refractivity contribution in [3.63, 3.8) is 0 Å². The Morgan fingerprint density at radius 3 is 2.68 bits per heavy atom. The maximum Gasteiger partial charge on any atom is 0.333 e. The van der Waals surface area contributed by atoms with Crippen LogP contribution < -0.4 is 16.2 Å². The van der Waals surface area contributed by atoms with Crippen LogP contribution in [0.25, 0.3) is 0 Å². The van der Waals surface area contributed by atoms with E-state index < -0.39 is 0 Å². The Hall–Kier alpha value is -1.56. The van der Waals surface area contributed by atoms with Crippen LogP contribution in [0.4, 0.5) is 4.79 Å². The molecule has 1 aliphatic rings. The predicted molar refractivity (Wildman–Crippen MR) is 74.7 cm³/mol. The molecule has 6 heteroatoms. The van der Waals surface area contributed by atoms with Crippen LogP contribution in [-0.2, 0) is 11.2 Å². The van der Waals surface area contributed by atoms with E-state index in [1.54, 1.807) is 0 Å². The standard InChI is InChI=1S/C13H19N3O2S/c17-12(9-11-7-4-8-19-11)15-16-13(18)14-10-5-2-1-3-6-10/h4,7-8,10H,1-3,5-6,9H2,(H,15,17)(H2,14,16,18). The van der Waals surface area contributed by atoms with Crippen LogP contribution in [-0.4, -0.2) is 18.0 Å². The van der Waals surface area contributed by atoms with E-state index >= 15 is 0 Å². The first-order valence-electron chi connectivity index (χ1n) is 6.62. The molecule has 0 bridgehead atoms. The molecule has 1 aromatic heterocycles. The summed E-state index contributed by atoms with van der Waals surface area (Å²) in [4.78, 5) is 24.1. The molecule has 0 unspecified atom stereocenters. The van der Waals surface area contributed by atoms with Gasteiger partial charge >= 0.3 is 6.03 Å². The van der Waals surface area contributed by atoms with Gasteiger partial charge in [-0.25, -0.2) is 10.2 Å². The van der Waals surface area contributed by atoms with E-state index in [-0.39, 0.29) is 18.0 Å². The summed E-state index contributed by atoms with van der Waals surface area (Å²) in [5, 5.41) is 4.79. The lowest BCUT2D eigenvalue weighted by Gasteiger charge is -2.22. The first-order chi connectivity index (χ1) is 9.24. The molecule has 0 atom stereocenters. The minimum Gasteiger partial charge on any atom is -0.334 e. The number of hydrazine groups is 1. The third-order valence-corrected chi connectivity index (χ3v) is 4.05. The molecule has 0 radical (unpaired) electrons. The lowest BCUT2D eigenvalue weighted by molar-refractivity contribution is -0.121. The summed E-state index contributed by atoms with van der Waals surface area (Å²) < 4.78 is 0. The van der Waals surface area contributed by atoms with Gasteiger partial charge in [-0.3, -0.25) is 10.2 Å². The first kappa shape index (κ1) is 13.9. The number of thiophene rings is 1. The number of urea groups is 1. The molecule has 0 aromatic carbocycles. The van der Waals surface area contributed by atoms with E-state index in [9.17, 15) is 9.59 Å². The molecule has 1 aliphatic carbocycles. The van der Waals surface area contributed by atoms with Gasteiger partial charge in [0.2, 0.25) is 5.91 Å². The van der Waals surface area contributed by atoms with Crippen molar-refractivity contribution in [2.75, 3.05) is 0 Å². The van der Waals surface area contributed by atoms with E-state index in [0.717, 1.165) is 30.6 Å². The Kier molecular flexibility index (Phi) is 5.20. The third kappa shape index (κ3) is 4.90. The molecule has 3 N–H and O–H groups in total. The quantitative estimate of drug-likeness (QED) is 0.741. The van der Waals surface area contributed by atoms with Gasteiger partial charge in [0.1, 0.15) is 0 Å². The van der Waals surface area contributed by atoms with E-state index in [4.69, 9.17) is 0 Å². The SMILES string of the molecule is O=C(Cc1cccs1)NNC(=O)NC1CCCCC1. The van der Waals surface area contributed by atoms with Crippen molar-refractivity contribution in [2.45, 2.75) is 44.6 Å². The maximum absolute atomic E-state index is 11.6. The van der Waals surface area contributed by atoms with Crippen LogP contribution in [0, 0.1) is 0 Å². The highest BCUT2D eigenvalue weighted by Crippen LogP contribution is 2.17. The van der Waals surface area contributed by atoms with Gasteiger partial charge in [-0.15, -0.1) is 11.3 Å². The Labute approximate surface area is 116 Å². The van der Waals surface area contributed by atoms with Gasteiger partial charge in [0.25, 0.3) is 0 Å². The van der Waals surface area contributed by atoms with Crippen LogP contribution in [0.5, 0.6) is 0 Å². The number of hydrogen-bond donors (Lipinski definition) is 3. The minimum atomic E-state index is -0.327. The Bertz CT molecular complexity index is 414. The normalized spacial score (nSPS) is 15.8. The predicted octanol–water partition coefficient (Wildman–Crippen LogP) is 1.95. The molecule has 2 rings (SSSR count). The summed E-state index contributed by atoms with van der Waals surface area (Å²) in [6.45, 7) is 0. The van der Waals surface area contributed by atoms with E-state index in [1.165, 1.54) is 17.8 Å². The second-order valence-electron chi connectivity index (χ2n) is 4.74. The Morgan fingerprint density at radius 1 is 1.21 bits per heavy atom. The van der Waals surface area contributed by atoms with Crippen molar-refractivity contribution in [1.82, 2.24) is 16.2 Å². The van der Waals surface area contributed by atoms with Crippen LogP contribution in [0.3, 0.4) is 0 Å². The molecule has 5 nitrogen and oxygen atoms in total. The van der Waals surface area contributed by atoms with Crippen LogP contribution in [0.1, 0.15) is 37.0 Å². The van der Waals surface area contributed by atoms with Crippen molar-refractivity contribution in [2.24, 2.45) is 0 Å². The molecule has 0 saturated heterocycles.